The van der Waals surface area contributed by atoms with Crippen LogP contribution < -0.4 is 0 Å². The average Bonchev–Trinajstić information content (AvgIpc) is 2.73. The summed E-state index contributed by atoms with van der Waals surface area (Å²) in [7, 11) is 0. The Morgan fingerprint density at radius 1 is 1.40 bits per heavy atom. The molecule has 0 spiro atoms. The van der Waals surface area contributed by atoms with Crippen molar-refractivity contribution in [2.24, 2.45) is 11.3 Å². The van der Waals surface area contributed by atoms with E-state index in [9.17, 15) is 5.11 Å². The van der Waals surface area contributed by atoms with Crippen LogP contribution in [0.25, 0.3) is 0 Å². The highest BCUT2D eigenvalue weighted by molar-refractivity contribution is 5.22. The Kier molecular flexibility index (Phi) is 1.76. The maximum atomic E-state index is 10.8. The monoisotopic (exact) mass is 203 g/mol. The maximum absolute atomic E-state index is 10.8. The molecule has 15 heavy (non-hydrogen) atoms. The molecule has 3 atom stereocenters. The lowest BCUT2D eigenvalue weighted by atomic mass is 9.71. The van der Waals surface area contributed by atoms with E-state index in [1.165, 1.54) is 12.8 Å². The van der Waals surface area contributed by atoms with Crippen LogP contribution in [0.1, 0.15) is 38.3 Å². The third-order valence-corrected chi connectivity index (χ3v) is 4.51. The summed E-state index contributed by atoms with van der Waals surface area (Å²) in [4.78, 5) is 4.35. The van der Waals surface area contributed by atoms with Crippen molar-refractivity contribution in [2.45, 2.75) is 38.2 Å². The minimum absolute atomic E-state index is 0.0615. The maximum Gasteiger partial charge on any atom is 0.112 e. The van der Waals surface area contributed by atoms with Crippen LogP contribution in [0.5, 0.6) is 0 Å². The lowest BCUT2D eigenvalue weighted by Crippen LogP contribution is -2.40. The summed E-state index contributed by atoms with van der Waals surface area (Å²) < 4.78 is 0. The van der Waals surface area contributed by atoms with Crippen molar-refractivity contribution >= 4 is 0 Å². The van der Waals surface area contributed by atoms with Crippen molar-refractivity contribution in [1.29, 1.82) is 0 Å². The van der Waals surface area contributed by atoms with E-state index in [-0.39, 0.29) is 5.41 Å². The molecular weight excluding hydrogens is 186 g/mol. The largest absolute Gasteiger partial charge is 0.383 e. The van der Waals surface area contributed by atoms with Gasteiger partial charge in [-0.2, -0.15) is 0 Å². The van der Waals surface area contributed by atoms with E-state index in [0.29, 0.717) is 5.92 Å². The Bertz CT molecular complexity index is 377. The van der Waals surface area contributed by atoms with Gasteiger partial charge in [-0.1, -0.05) is 13.0 Å². The molecule has 2 bridgehead atoms. The van der Waals surface area contributed by atoms with Gasteiger partial charge in [0.15, 0.2) is 0 Å². The van der Waals surface area contributed by atoms with E-state index in [0.717, 1.165) is 18.5 Å². The zero-order chi connectivity index (χ0) is 10.5. The Morgan fingerprint density at radius 3 is 2.80 bits per heavy atom. The predicted molar refractivity (Wildman–Crippen MR) is 58.2 cm³/mol. The molecule has 2 aliphatic rings. The van der Waals surface area contributed by atoms with Gasteiger partial charge in [-0.3, -0.25) is 4.98 Å². The summed E-state index contributed by atoms with van der Waals surface area (Å²) in [6.07, 6.45) is 6.28. The molecule has 1 heterocycles. The molecule has 3 rings (SSSR count). The molecule has 1 N–H and O–H groups in total. The molecule has 2 heteroatoms. The minimum Gasteiger partial charge on any atom is -0.383 e. The van der Waals surface area contributed by atoms with E-state index in [4.69, 9.17) is 0 Å². The molecule has 0 aliphatic heterocycles. The Morgan fingerprint density at radius 2 is 2.27 bits per heavy atom. The predicted octanol–water partition coefficient (Wildman–Crippen LogP) is 2.48. The van der Waals surface area contributed by atoms with Crippen LogP contribution in [0.4, 0.5) is 0 Å². The summed E-state index contributed by atoms with van der Waals surface area (Å²) >= 11 is 0. The number of aromatic nitrogens is 1. The fourth-order valence-electron chi connectivity index (χ4n) is 3.60. The van der Waals surface area contributed by atoms with E-state index < -0.39 is 5.60 Å². The van der Waals surface area contributed by atoms with Gasteiger partial charge in [0, 0.05) is 11.6 Å². The lowest BCUT2D eigenvalue weighted by molar-refractivity contribution is -0.0741. The van der Waals surface area contributed by atoms with Gasteiger partial charge in [0.2, 0.25) is 0 Å². The van der Waals surface area contributed by atoms with Crippen molar-refractivity contribution in [3.05, 3.63) is 30.1 Å². The van der Waals surface area contributed by atoms with Gasteiger partial charge in [0.1, 0.15) is 5.60 Å². The highest BCUT2D eigenvalue weighted by Crippen LogP contribution is 2.63. The van der Waals surface area contributed by atoms with Crippen molar-refractivity contribution < 1.29 is 5.11 Å². The number of aliphatic hydroxyl groups is 1. The van der Waals surface area contributed by atoms with E-state index in [2.05, 4.69) is 11.9 Å². The lowest BCUT2D eigenvalue weighted by Gasteiger charge is -2.40. The fourth-order valence-corrected chi connectivity index (χ4v) is 3.60. The number of hydrogen-bond donors (Lipinski definition) is 1. The van der Waals surface area contributed by atoms with Gasteiger partial charge >= 0.3 is 0 Å². The molecule has 2 fully saturated rings. The van der Waals surface area contributed by atoms with Crippen molar-refractivity contribution in [1.82, 2.24) is 4.98 Å². The first kappa shape index (κ1) is 9.34. The first-order chi connectivity index (χ1) is 7.14. The molecule has 0 saturated heterocycles. The zero-order valence-electron chi connectivity index (χ0n) is 9.11. The highest BCUT2D eigenvalue weighted by Gasteiger charge is 2.59. The van der Waals surface area contributed by atoms with Gasteiger partial charge in [0.25, 0.3) is 0 Å². The van der Waals surface area contributed by atoms with Crippen LogP contribution >= 0.6 is 0 Å². The fraction of sp³-hybridized carbons (Fsp3) is 0.615. The van der Waals surface area contributed by atoms with Crippen LogP contribution in [0.15, 0.2) is 24.4 Å². The normalized spacial score (nSPS) is 43.5. The SMILES string of the molecule is C[C@@]12CC[C@@H](C1)C[C@]2(O)c1ccccn1. The summed E-state index contributed by atoms with van der Waals surface area (Å²) in [5, 5.41) is 10.8. The first-order valence-corrected chi connectivity index (χ1v) is 5.78. The molecule has 2 aliphatic carbocycles. The van der Waals surface area contributed by atoms with E-state index in [1.54, 1.807) is 6.20 Å². The van der Waals surface area contributed by atoms with Crippen LogP contribution in [0.2, 0.25) is 0 Å². The topological polar surface area (TPSA) is 33.1 Å². The highest BCUT2D eigenvalue weighted by atomic mass is 16.3. The van der Waals surface area contributed by atoms with Crippen LogP contribution in [0, 0.1) is 11.3 Å². The molecular formula is C13H17NO. The number of rotatable bonds is 1. The smallest absolute Gasteiger partial charge is 0.112 e. The molecule has 0 aromatic carbocycles. The quantitative estimate of drug-likeness (QED) is 0.760. The van der Waals surface area contributed by atoms with E-state index >= 15 is 0 Å². The zero-order valence-corrected chi connectivity index (χ0v) is 9.11. The Labute approximate surface area is 90.4 Å². The molecule has 2 nitrogen and oxygen atoms in total. The summed E-state index contributed by atoms with van der Waals surface area (Å²) in [6.45, 7) is 2.22. The third kappa shape index (κ3) is 1.11. The molecule has 2 saturated carbocycles. The molecule has 80 valence electrons. The van der Waals surface area contributed by atoms with Gasteiger partial charge in [-0.15, -0.1) is 0 Å². The molecule has 1 aromatic heterocycles. The Balaban J connectivity index is 2.05. The van der Waals surface area contributed by atoms with Crippen LogP contribution in [-0.4, -0.2) is 10.1 Å². The van der Waals surface area contributed by atoms with Gasteiger partial charge in [-0.05, 0) is 43.7 Å². The minimum atomic E-state index is -0.669. The Hall–Kier alpha value is -0.890. The van der Waals surface area contributed by atoms with Gasteiger partial charge in [-0.25, -0.2) is 0 Å². The van der Waals surface area contributed by atoms with Crippen molar-refractivity contribution in [2.75, 3.05) is 0 Å². The second kappa shape index (κ2) is 2.82. The number of fused-ring (bicyclic) bond motifs is 2. The number of nitrogens with zero attached hydrogens (tertiary/aromatic N) is 1. The number of hydrogen-bond acceptors (Lipinski definition) is 2. The molecule has 0 radical (unpaired) electrons. The van der Waals surface area contributed by atoms with Crippen LogP contribution in [0.3, 0.4) is 0 Å². The average molecular weight is 203 g/mol. The molecule has 0 amide bonds. The number of pyridine rings is 1. The van der Waals surface area contributed by atoms with Gasteiger partial charge < -0.3 is 5.11 Å². The van der Waals surface area contributed by atoms with Crippen molar-refractivity contribution in [3.63, 3.8) is 0 Å². The second-order valence-electron chi connectivity index (χ2n) is 5.45. The second-order valence-corrected chi connectivity index (χ2v) is 5.45. The molecule has 1 aromatic rings. The van der Waals surface area contributed by atoms with Crippen LogP contribution in [-0.2, 0) is 5.60 Å². The van der Waals surface area contributed by atoms with Gasteiger partial charge in [0.05, 0.1) is 5.69 Å². The standard InChI is InChI=1S/C13H17NO/c1-12-6-5-10(8-12)9-13(12,15)11-4-2-3-7-14-11/h2-4,7,10,15H,5-6,8-9H2,1H3/t10-,12+,13-/m0/s1. The summed E-state index contributed by atoms with van der Waals surface area (Å²) in [5.41, 5.74) is 0.262. The summed E-state index contributed by atoms with van der Waals surface area (Å²) in [5.74, 6) is 0.710. The molecule has 0 unspecified atom stereocenters. The van der Waals surface area contributed by atoms with Crippen molar-refractivity contribution in [3.8, 4) is 0 Å². The third-order valence-electron chi connectivity index (χ3n) is 4.51. The van der Waals surface area contributed by atoms with E-state index in [1.807, 2.05) is 18.2 Å². The first-order valence-electron chi connectivity index (χ1n) is 5.78. The summed E-state index contributed by atoms with van der Waals surface area (Å²) in [6, 6.07) is 5.84.